The van der Waals surface area contributed by atoms with Gasteiger partial charge in [-0.3, -0.25) is 4.79 Å². The predicted molar refractivity (Wildman–Crippen MR) is 42.0 cm³/mol. The molecule has 0 aromatic heterocycles. The summed E-state index contributed by atoms with van der Waals surface area (Å²) in [6.45, 7) is 0. The molecule has 0 bridgehead atoms. The monoisotopic (exact) mass is 148 g/mol. The van der Waals surface area contributed by atoms with Crippen LogP contribution in [0.2, 0.25) is 0 Å². The molecule has 1 aliphatic carbocycles. The lowest BCUT2D eigenvalue weighted by molar-refractivity contribution is -0.122. The minimum Gasteiger partial charge on any atom is -0.316 e. The van der Waals surface area contributed by atoms with Crippen LogP contribution < -0.4 is 5.32 Å². The Bertz CT molecular complexity index is 276. The van der Waals surface area contributed by atoms with E-state index in [9.17, 15) is 4.79 Å². The Balaban J connectivity index is 2.36. The van der Waals surface area contributed by atoms with Gasteiger partial charge in [0.15, 0.2) is 0 Å². The molecule has 0 saturated carbocycles. The number of nitrogens with one attached hydrogen (secondary N) is 1. The molecule has 3 nitrogen and oxygen atoms in total. The summed E-state index contributed by atoms with van der Waals surface area (Å²) >= 11 is 0. The number of fused-ring (bicyclic) bond motifs is 1. The summed E-state index contributed by atoms with van der Waals surface area (Å²) in [6, 6.07) is 0. The third kappa shape index (κ3) is 0.981. The van der Waals surface area contributed by atoms with Crippen molar-refractivity contribution in [1.82, 2.24) is 5.32 Å². The summed E-state index contributed by atoms with van der Waals surface area (Å²) in [6.07, 6.45) is 8.01. The van der Waals surface area contributed by atoms with E-state index in [0.717, 1.165) is 12.1 Å². The first-order valence-corrected chi connectivity index (χ1v) is 3.57. The predicted octanol–water partition coefficient (Wildman–Crippen LogP) is 0.605. The summed E-state index contributed by atoms with van der Waals surface area (Å²) in [7, 11) is 0. The van der Waals surface area contributed by atoms with Crippen LogP contribution in [0.1, 0.15) is 6.42 Å². The molecule has 1 atom stereocenters. The Hall–Kier alpha value is -1.38. The second-order valence-electron chi connectivity index (χ2n) is 2.57. The summed E-state index contributed by atoms with van der Waals surface area (Å²) in [5.74, 6) is 0.000556. The zero-order valence-corrected chi connectivity index (χ0v) is 5.95. The number of rotatable bonds is 0. The fourth-order valence-electron chi connectivity index (χ4n) is 1.26. The van der Waals surface area contributed by atoms with E-state index in [1.54, 1.807) is 0 Å². The highest BCUT2D eigenvalue weighted by atomic mass is 16.2. The summed E-state index contributed by atoms with van der Waals surface area (Å²) < 4.78 is 0. The van der Waals surface area contributed by atoms with Crippen LogP contribution in [0.25, 0.3) is 0 Å². The number of hydrogen-bond donors (Lipinski definition) is 1. The normalized spacial score (nSPS) is 27.5. The Kier molecular flexibility index (Phi) is 1.35. The highest BCUT2D eigenvalue weighted by molar-refractivity contribution is 5.94. The van der Waals surface area contributed by atoms with Gasteiger partial charge in [0.25, 0.3) is 0 Å². The number of carbonyl (C=O) groups excluding carboxylic acids is 1. The summed E-state index contributed by atoms with van der Waals surface area (Å²) in [5, 5.41) is 2.58. The number of amides is 1. The lowest BCUT2D eigenvalue weighted by Crippen LogP contribution is -2.34. The van der Waals surface area contributed by atoms with Gasteiger partial charge < -0.3 is 5.32 Å². The number of allylic oxidation sites excluding steroid dienone is 3. The van der Waals surface area contributed by atoms with E-state index in [4.69, 9.17) is 0 Å². The average molecular weight is 148 g/mol. The van der Waals surface area contributed by atoms with Crippen molar-refractivity contribution in [2.45, 2.75) is 6.42 Å². The summed E-state index contributed by atoms with van der Waals surface area (Å²) in [5.41, 5.74) is 0.872. The lowest BCUT2D eigenvalue weighted by atomic mass is 9.95. The van der Waals surface area contributed by atoms with Crippen LogP contribution in [-0.4, -0.2) is 12.2 Å². The zero-order chi connectivity index (χ0) is 7.68. The molecule has 1 unspecified atom stereocenters. The van der Waals surface area contributed by atoms with Crippen LogP contribution in [0.15, 0.2) is 28.9 Å². The number of nitrogens with zero attached hydrogens (tertiary/aromatic N) is 1. The molecule has 2 rings (SSSR count). The molecule has 0 fully saturated rings. The van der Waals surface area contributed by atoms with Crippen LogP contribution in [0.3, 0.4) is 0 Å². The van der Waals surface area contributed by atoms with E-state index in [-0.39, 0.29) is 11.8 Å². The van der Waals surface area contributed by atoms with E-state index in [1.807, 2.05) is 18.2 Å². The number of carbonyl (C=O) groups is 1. The highest BCUT2D eigenvalue weighted by Gasteiger charge is 2.24. The van der Waals surface area contributed by atoms with Crippen molar-refractivity contribution in [2.75, 3.05) is 0 Å². The second-order valence-corrected chi connectivity index (χ2v) is 2.57. The quantitative estimate of drug-likeness (QED) is 0.537. The standard InChI is InChI=1S/C8H8N2O/c11-8-6-3-1-2-4-7(6)9-5-10-8/h1-2,4-6H,3H2,(H,9,10,11). The number of hydrogen-bond acceptors (Lipinski definition) is 2. The van der Waals surface area contributed by atoms with Crippen LogP contribution in [0.5, 0.6) is 0 Å². The van der Waals surface area contributed by atoms with Gasteiger partial charge in [-0.2, -0.15) is 0 Å². The van der Waals surface area contributed by atoms with Crippen molar-refractivity contribution in [2.24, 2.45) is 10.9 Å². The first-order valence-electron chi connectivity index (χ1n) is 3.57. The van der Waals surface area contributed by atoms with Crippen molar-refractivity contribution >= 4 is 12.2 Å². The molecule has 1 heterocycles. The third-order valence-corrected chi connectivity index (χ3v) is 1.87. The van der Waals surface area contributed by atoms with Gasteiger partial charge in [0.1, 0.15) is 0 Å². The maximum absolute atomic E-state index is 11.2. The molecule has 2 aliphatic rings. The highest BCUT2D eigenvalue weighted by Crippen LogP contribution is 2.22. The molecule has 0 aromatic rings. The molecule has 1 amide bonds. The molecule has 11 heavy (non-hydrogen) atoms. The van der Waals surface area contributed by atoms with Crippen LogP contribution in [0, 0.1) is 5.92 Å². The summed E-state index contributed by atoms with van der Waals surface area (Å²) in [4.78, 5) is 15.2. The lowest BCUT2D eigenvalue weighted by Gasteiger charge is -2.19. The Morgan fingerprint density at radius 2 is 2.55 bits per heavy atom. The molecular formula is C8H8N2O. The molecule has 0 saturated heterocycles. The van der Waals surface area contributed by atoms with Gasteiger partial charge in [0, 0.05) is 0 Å². The second kappa shape index (κ2) is 2.34. The molecule has 0 spiro atoms. The van der Waals surface area contributed by atoms with Gasteiger partial charge in [0.05, 0.1) is 18.0 Å². The number of aliphatic imine (C=N–C) groups is 1. The van der Waals surface area contributed by atoms with Crippen LogP contribution in [-0.2, 0) is 4.79 Å². The SMILES string of the molecule is O=C1NC=NC2=CC=CCC12. The average Bonchev–Trinajstić information content (AvgIpc) is 2.06. The Morgan fingerprint density at radius 1 is 1.64 bits per heavy atom. The Morgan fingerprint density at radius 3 is 3.36 bits per heavy atom. The molecule has 0 radical (unpaired) electrons. The first-order chi connectivity index (χ1) is 5.38. The van der Waals surface area contributed by atoms with Gasteiger partial charge in [0.2, 0.25) is 5.91 Å². The van der Waals surface area contributed by atoms with Gasteiger partial charge >= 0.3 is 0 Å². The van der Waals surface area contributed by atoms with Crippen molar-refractivity contribution in [3.63, 3.8) is 0 Å². The van der Waals surface area contributed by atoms with Crippen molar-refractivity contribution in [3.05, 3.63) is 23.9 Å². The van der Waals surface area contributed by atoms with E-state index in [0.29, 0.717) is 0 Å². The maximum Gasteiger partial charge on any atom is 0.234 e. The van der Waals surface area contributed by atoms with Gasteiger partial charge in [-0.15, -0.1) is 0 Å². The molecule has 1 aliphatic heterocycles. The minimum absolute atomic E-state index is 0.0509. The third-order valence-electron chi connectivity index (χ3n) is 1.87. The largest absolute Gasteiger partial charge is 0.316 e. The molecule has 1 N–H and O–H groups in total. The Labute approximate surface area is 64.5 Å². The fourth-order valence-corrected chi connectivity index (χ4v) is 1.26. The van der Waals surface area contributed by atoms with Gasteiger partial charge in [-0.25, -0.2) is 4.99 Å². The van der Waals surface area contributed by atoms with E-state index < -0.39 is 0 Å². The van der Waals surface area contributed by atoms with E-state index in [1.165, 1.54) is 6.34 Å². The van der Waals surface area contributed by atoms with Crippen molar-refractivity contribution < 1.29 is 4.79 Å². The molecule has 0 aromatic carbocycles. The fraction of sp³-hybridized carbons (Fsp3) is 0.250. The molecular weight excluding hydrogens is 140 g/mol. The topological polar surface area (TPSA) is 41.5 Å². The van der Waals surface area contributed by atoms with Crippen LogP contribution >= 0.6 is 0 Å². The van der Waals surface area contributed by atoms with Crippen LogP contribution in [0.4, 0.5) is 0 Å². The van der Waals surface area contributed by atoms with Crippen molar-refractivity contribution in [1.29, 1.82) is 0 Å². The van der Waals surface area contributed by atoms with E-state index in [2.05, 4.69) is 10.3 Å². The van der Waals surface area contributed by atoms with Crippen molar-refractivity contribution in [3.8, 4) is 0 Å². The molecule has 3 heteroatoms. The first kappa shape index (κ1) is 6.34. The zero-order valence-electron chi connectivity index (χ0n) is 5.95. The minimum atomic E-state index is -0.0509. The molecule has 56 valence electrons. The van der Waals surface area contributed by atoms with Gasteiger partial charge in [-0.05, 0) is 12.5 Å². The van der Waals surface area contributed by atoms with E-state index >= 15 is 0 Å². The smallest absolute Gasteiger partial charge is 0.234 e. The van der Waals surface area contributed by atoms with Gasteiger partial charge in [-0.1, -0.05) is 12.2 Å². The maximum atomic E-state index is 11.2.